The van der Waals surface area contributed by atoms with Crippen LogP contribution in [0.4, 0.5) is 0 Å². The van der Waals surface area contributed by atoms with E-state index in [1.807, 2.05) is 12.1 Å². The molecule has 0 bridgehead atoms. The van der Waals surface area contributed by atoms with Gasteiger partial charge in [-0.3, -0.25) is 0 Å². The number of para-hydroxylation sites is 1. The van der Waals surface area contributed by atoms with Crippen LogP contribution in [0.3, 0.4) is 0 Å². The van der Waals surface area contributed by atoms with Gasteiger partial charge < -0.3 is 9.55 Å². The van der Waals surface area contributed by atoms with E-state index in [1.165, 1.54) is 18.6 Å². The third-order valence-electron chi connectivity index (χ3n) is 3.55. The molecular weight excluding hydrogens is 284 g/mol. The minimum Gasteiger partial charge on any atom is -0.329 e. The highest BCUT2D eigenvalue weighted by molar-refractivity contribution is 8.00. The zero-order valence-corrected chi connectivity index (χ0v) is 12.6. The minimum absolute atomic E-state index is 0.301. The van der Waals surface area contributed by atoms with Crippen molar-refractivity contribution in [2.45, 2.75) is 31.1 Å². The van der Waals surface area contributed by atoms with Crippen LogP contribution < -0.4 is 0 Å². The lowest BCUT2D eigenvalue weighted by Crippen LogP contribution is -2.23. The average Bonchev–Trinajstić information content (AvgIpc) is 2.88. The molecule has 0 spiro atoms. The molecule has 1 aliphatic heterocycles. The SMILES string of the molecule is CC1(Cn2c(=S)[nH]c3c(Cl)cccc32)CCCS1. The summed E-state index contributed by atoms with van der Waals surface area (Å²) >= 11 is 13.7. The first-order chi connectivity index (χ1) is 8.59. The molecule has 1 unspecified atom stereocenters. The van der Waals surface area contributed by atoms with Gasteiger partial charge in [-0.15, -0.1) is 0 Å². The highest BCUT2D eigenvalue weighted by Gasteiger charge is 2.30. The van der Waals surface area contributed by atoms with Crippen LogP contribution in [0.15, 0.2) is 18.2 Å². The first-order valence-corrected chi connectivity index (χ1v) is 7.87. The Balaban J connectivity index is 2.09. The molecule has 2 nitrogen and oxygen atoms in total. The van der Waals surface area contributed by atoms with E-state index in [2.05, 4.69) is 34.3 Å². The number of thioether (sulfide) groups is 1. The first-order valence-electron chi connectivity index (χ1n) is 6.10. The number of nitrogens with zero attached hydrogens (tertiary/aromatic N) is 1. The second kappa shape index (κ2) is 4.58. The Morgan fingerprint density at radius 2 is 2.39 bits per heavy atom. The molecule has 3 rings (SSSR count). The van der Waals surface area contributed by atoms with E-state index in [1.54, 1.807) is 0 Å². The van der Waals surface area contributed by atoms with Crippen LogP contribution in [0, 0.1) is 4.77 Å². The van der Waals surface area contributed by atoms with E-state index in [4.69, 9.17) is 23.8 Å². The summed E-state index contributed by atoms with van der Waals surface area (Å²) in [5.74, 6) is 1.26. The van der Waals surface area contributed by atoms with Crippen LogP contribution in [-0.2, 0) is 6.54 Å². The van der Waals surface area contributed by atoms with Gasteiger partial charge in [-0.1, -0.05) is 17.7 Å². The molecule has 1 saturated heterocycles. The molecule has 96 valence electrons. The minimum atomic E-state index is 0.301. The van der Waals surface area contributed by atoms with E-state index in [-0.39, 0.29) is 0 Å². The van der Waals surface area contributed by atoms with Crippen molar-refractivity contribution >= 4 is 46.6 Å². The number of nitrogens with one attached hydrogen (secondary N) is 1. The summed E-state index contributed by atoms with van der Waals surface area (Å²) < 4.78 is 3.26. The van der Waals surface area contributed by atoms with Gasteiger partial charge in [0.25, 0.3) is 0 Å². The molecule has 1 atom stereocenters. The topological polar surface area (TPSA) is 20.7 Å². The smallest absolute Gasteiger partial charge is 0.178 e. The monoisotopic (exact) mass is 298 g/mol. The van der Waals surface area contributed by atoms with Crippen molar-refractivity contribution in [3.05, 3.63) is 28.0 Å². The lowest BCUT2D eigenvalue weighted by Gasteiger charge is -2.23. The second-order valence-corrected chi connectivity index (χ2v) is 7.53. The largest absolute Gasteiger partial charge is 0.329 e. The average molecular weight is 299 g/mol. The van der Waals surface area contributed by atoms with Gasteiger partial charge in [0.1, 0.15) is 0 Å². The molecule has 0 radical (unpaired) electrons. The number of imidazole rings is 1. The summed E-state index contributed by atoms with van der Waals surface area (Å²) in [7, 11) is 0. The Labute approximate surface area is 121 Å². The molecule has 0 amide bonds. The number of rotatable bonds is 2. The number of aromatic amines is 1. The lowest BCUT2D eigenvalue weighted by atomic mass is 10.1. The van der Waals surface area contributed by atoms with Gasteiger partial charge in [-0.05, 0) is 49.9 Å². The third-order valence-corrected chi connectivity index (χ3v) is 5.71. The molecule has 1 fully saturated rings. The van der Waals surface area contributed by atoms with Crippen molar-refractivity contribution in [3.63, 3.8) is 0 Å². The van der Waals surface area contributed by atoms with Gasteiger partial charge in [0, 0.05) is 11.3 Å². The van der Waals surface area contributed by atoms with Crippen LogP contribution in [0.2, 0.25) is 5.02 Å². The molecule has 1 aromatic carbocycles. The maximum atomic E-state index is 6.20. The molecule has 2 aromatic rings. The van der Waals surface area contributed by atoms with Crippen molar-refractivity contribution in [2.24, 2.45) is 0 Å². The van der Waals surface area contributed by atoms with E-state index in [0.717, 1.165) is 27.4 Å². The van der Waals surface area contributed by atoms with Gasteiger partial charge in [-0.2, -0.15) is 11.8 Å². The molecule has 1 N–H and O–H groups in total. The van der Waals surface area contributed by atoms with Crippen molar-refractivity contribution in [1.82, 2.24) is 9.55 Å². The maximum Gasteiger partial charge on any atom is 0.178 e. The number of H-pyrrole nitrogens is 1. The summed E-state index contributed by atoms with van der Waals surface area (Å²) in [5.41, 5.74) is 2.07. The number of benzene rings is 1. The molecule has 1 aliphatic rings. The fraction of sp³-hybridized carbons (Fsp3) is 0.462. The summed E-state index contributed by atoms with van der Waals surface area (Å²) in [5, 5.41) is 0.738. The number of aromatic nitrogens is 2. The summed E-state index contributed by atoms with van der Waals surface area (Å²) in [6, 6.07) is 5.95. The zero-order valence-electron chi connectivity index (χ0n) is 10.2. The van der Waals surface area contributed by atoms with Crippen LogP contribution in [0.5, 0.6) is 0 Å². The van der Waals surface area contributed by atoms with E-state index in [9.17, 15) is 0 Å². The summed E-state index contributed by atoms with van der Waals surface area (Å²) in [6.07, 6.45) is 2.56. The molecule has 18 heavy (non-hydrogen) atoms. The summed E-state index contributed by atoms with van der Waals surface area (Å²) in [4.78, 5) is 3.22. The number of halogens is 1. The van der Waals surface area contributed by atoms with Crippen LogP contribution >= 0.6 is 35.6 Å². The Morgan fingerprint density at radius 3 is 3.11 bits per heavy atom. The van der Waals surface area contributed by atoms with Crippen molar-refractivity contribution in [2.75, 3.05) is 5.75 Å². The predicted octanol–water partition coefficient (Wildman–Crippen LogP) is 4.64. The predicted molar refractivity (Wildman–Crippen MR) is 82.2 cm³/mol. The van der Waals surface area contributed by atoms with Crippen LogP contribution in [0.1, 0.15) is 19.8 Å². The van der Waals surface area contributed by atoms with Crippen molar-refractivity contribution in [3.8, 4) is 0 Å². The van der Waals surface area contributed by atoms with Crippen LogP contribution in [-0.4, -0.2) is 20.1 Å². The van der Waals surface area contributed by atoms with Gasteiger partial charge in [-0.25, -0.2) is 0 Å². The maximum absolute atomic E-state index is 6.20. The van der Waals surface area contributed by atoms with E-state index < -0.39 is 0 Å². The molecule has 0 saturated carbocycles. The third kappa shape index (κ3) is 2.10. The lowest BCUT2D eigenvalue weighted by molar-refractivity contribution is 0.515. The summed E-state index contributed by atoms with van der Waals surface area (Å²) in [6.45, 7) is 3.28. The highest BCUT2D eigenvalue weighted by Crippen LogP contribution is 2.39. The molecule has 0 aliphatic carbocycles. The quantitative estimate of drug-likeness (QED) is 0.815. The molecule has 2 heterocycles. The zero-order chi connectivity index (χ0) is 12.8. The Kier molecular flexibility index (Phi) is 3.20. The number of hydrogen-bond acceptors (Lipinski definition) is 2. The first kappa shape index (κ1) is 12.6. The second-order valence-electron chi connectivity index (χ2n) is 5.05. The van der Waals surface area contributed by atoms with Gasteiger partial charge in [0.15, 0.2) is 4.77 Å². The van der Waals surface area contributed by atoms with E-state index >= 15 is 0 Å². The number of hydrogen-bond donors (Lipinski definition) is 1. The van der Waals surface area contributed by atoms with Crippen molar-refractivity contribution < 1.29 is 0 Å². The van der Waals surface area contributed by atoms with Crippen LogP contribution in [0.25, 0.3) is 11.0 Å². The van der Waals surface area contributed by atoms with Gasteiger partial charge in [0.2, 0.25) is 0 Å². The van der Waals surface area contributed by atoms with E-state index in [0.29, 0.717) is 4.75 Å². The number of fused-ring (bicyclic) bond motifs is 1. The molecule has 5 heteroatoms. The van der Waals surface area contributed by atoms with Crippen molar-refractivity contribution in [1.29, 1.82) is 0 Å². The highest BCUT2D eigenvalue weighted by atomic mass is 35.5. The Morgan fingerprint density at radius 1 is 1.56 bits per heavy atom. The van der Waals surface area contributed by atoms with Gasteiger partial charge in [0.05, 0.1) is 16.1 Å². The van der Waals surface area contributed by atoms with Gasteiger partial charge >= 0.3 is 0 Å². The fourth-order valence-corrected chi connectivity index (χ4v) is 4.37. The Bertz CT molecular complexity index is 638. The molecular formula is C13H15ClN2S2. The Hall–Kier alpha value is -0.450. The normalized spacial score (nSPS) is 23.9. The fourth-order valence-electron chi connectivity index (χ4n) is 2.60. The standard InChI is InChI=1S/C13H15ClN2S2/c1-13(6-3-7-18-13)8-16-10-5-2-4-9(14)11(10)15-12(16)17/h2,4-5H,3,6-8H2,1H3,(H,15,17). The molecule has 1 aromatic heterocycles.